The first-order chi connectivity index (χ1) is 12.5. The Labute approximate surface area is 161 Å². The van der Waals surface area contributed by atoms with E-state index in [0.717, 1.165) is 28.4 Å². The van der Waals surface area contributed by atoms with E-state index in [9.17, 15) is 4.79 Å². The second-order valence-electron chi connectivity index (χ2n) is 6.88. The van der Waals surface area contributed by atoms with Gasteiger partial charge in [0.2, 0.25) is 0 Å². The van der Waals surface area contributed by atoms with Crippen molar-refractivity contribution < 1.29 is 9.53 Å². The van der Waals surface area contributed by atoms with Crippen LogP contribution in [0.4, 0.5) is 0 Å². The van der Waals surface area contributed by atoms with Crippen molar-refractivity contribution in [1.29, 1.82) is 0 Å². The molecule has 1 amide bonds. The minimum Gasteiger partial charge on any atom is -0.483 e. The zero-order valence-electron chi connectivity index (χ0n) is 16.2. The highest BCUT2D eigenvalue weighted by Gasteiger charge is 2.10. The number of carbonyl (C=O) groups is 1. The maximum Gasteiger partial charge on any atom is 0.257 e. The average molecular weight is 372 g/mol. The number of nitrogens with one attached hydrogen (secondary N) is 1. The van der Waals surface area contributed by atoms with Crippen LogP contribution in [-0.2, 0) is 10.5 Å². The lowest BCUT2D eigenvalue weighted by Crippen LogP contribution is -2.30. The van der Waals surface area contributed by atoms with Gasteiger partial charge in [0, 0.05) is 18.1 Å². The first-order valence-corrected chi connectivity index (χ1v) is 10.2. The number of thioether (sulfide) groups is 1. The van der Waals surface area contributed by atoms with Gasteiger partial charge in [0.1, 0.15) is 5.75 Å². The molecule has 0 aliphatic carbocycles. The van der Waals surface area contributed by atoms with Crippen molar-refractivity contribution in [2.45, 2.75) is 39.4 Å². The number of carbonyl (C=O) groups excluding carboxylic acids is 1. The van der Waals surface area contributed by atoms with E-state index < -0.39 is 0 Å². The van der Waals surface area contributed by atoms with Gasteiger partial charge in [-0.1, -0.05) is 55.8 Å². The number of hydrogen-bond acceptors (Lipinski definition) is 3. The summed E-state index contributed by atoms with van der Waals surface area (Å²) < 4.78 is 5.76. The molecule has 0 bridgehead atoms. The molecule has 0 radical (unpaired) electrons. The van der Waals surface area contributed by atoms with Crippen LogP contribution in [-0.4, -0.2) is 24.8 Å². The van der Waals surface area contributed by atoms with Crippen molar-refractivity contribution in [3.8, 4) is 5.75 Å². The van der Waals surface area contributed by atoms with Crippen molar-refractivity contribution in [3.05, 3.63) is 64.7 Å². The van der Waals surface area contributed by atoms with Crippen molar-refractivity contribution in [2.24, 2.45) is 0 Å². The zero-order chi connectivity index (χ0) is 18.9. The Morgan fingerprint density at radius 3 is 2.62 bits per heavy atom. The van der Waals surface area contributed by atoms with Crippen molar-refractivity contribution >= 4 is 17.7 Å². The number of rotatable bonds is 9. The number of aryl methyl sites for hydroxylation is 2. The third-order valence-corrected chi connectivity index (χ3v) is 5.10. The van der Waals surface area contributed by atoms with Crippen LogP contribution >= 0.6 is 11.8 Å². The topological polar surface area (TPSA) is 38.3 Å². The van der Waals surface area contributed by atoms with E-state index >= 15 is 0 Å². The van der Waals surface area contributed by atoms with Gasteiger partial charge >= 0.3 is 0 Å². The predicted octanol–water partition coefficient (Wildman–Crippen LogP) is 4.86. The minimum atomic E-state index is -0.0719. The number of benzene rings is 2. The van der Waals surface area contributed by atoms with E-state index in [-0.39, 0.29) is 12.5 Å². The fraction of sp³-hybridized carbons (Fsp3) is 0.409. The van der Waals surface area contributed by atoms with Crippen molar-refractivity contribution in [1.82, 2.24) is 5.32 Å². The molecule has 0 unspecified atom stereocenters. The van der Waals surface area contributed by atoms with Crippen LogP contribution in [0.3, 0.4) is 0 Å². The molecule has 0 atom stereocenters. The van der Waals surface area contributed by atoms with Gasteiger partial charge in [0.25, 0.3) is 5.91 Å². The van der Waals surface area contributed by atoms with Gasteiger partial charge in [0.15, 0.2) is 6.61 Å². The lowest BCUT2D eigenvalue weighted by Gasteiger charge is -2.14. The SMILES string of the molecule is Cc1cccc(CSCCNC(=O)COc2cc(C)ccc2C(C)C)c1. The third kappa shape index (κ3) is 6.75. The van der Waals surface area contributed by atoms with Crippen LogP contribution in [0.2, 0.25) is 0 Å². The molecule has 1 N–H and O–H groups in total. The Morgan fingerprint density at radius 2 is 1.88 bits per heavy atom. The van der Waals surface area contributed by atoms with Gasteiger partial charge in [-0.2, -0.15) is 11.8 Å². The molecular formula is C22H29NO2S. The van der Waals surface area contributed by atoms with E-state index in [1.54, 1.807) is 0 Å². The number of amides is 1. The molecule has 26 heavy (non-hydrogen) atoms. The Balaban J connectivity index is 1.69. The molecule has 0 spiro atoms. The molecule has 2 aromatic carbocycles. The van der Waals surface area contributed by atoms with Gasteiger partial charge in [-0.25, -0.2) is 0 Å². The molecular weight excluding hydrogens is 342 g/mol. The molecule has 0 saturated heterocycles. The Kier molecular flexibility index (Phi) is 8.05. The molecule has 0 aliphatic rings. The third-order valence-electron chi connectivity index (χ3n) is 4.07. The Bertz CT molecular complexity index is 728. The summed E-state index contributed by atoms with van der Waals surface area (Å²) >= 11 is 1.82. The molecule has 140 valence electrons. The summed E-state index contributed by atoms with van der Waals surface area (Å²) in [6, 6.07) is 14.7. The van der Waals surface area contributed by atoms with Gasteiger partial charge in [-0.15, -0.1) is 0 Å². The molecule has 0 heterocycles. The smallest absolute Gasteiger partial charge is 0.257 e. The van der Waals surface area contributed by atoms with Crippen LogP contribution in [0.1, 0.15) is 42.0 Å². The summed E-state index contributed by atoms with van der Waals surface area (Å²) in [6.07, 6.45) is 0. The summed E-state index contributed by atoms with van der Waals surface area (Å²) in [5.74, 6) is 2.96. The molecule has 0 aromatic heterocycles. The predicted molar refractivity (Wildman–Crippen MR) is 111 cm³/mol. The first kappa shape index (κ1) is 20.4. The van der Waals surface area contributed by atoms with Crippen LogP contribution in [0.25, 0.3) is 0 Å². The second kappa shape index (κ2) is 10.3. The normalized spacial score (nSPS) is 10.8. The van der Waals surface area contributed by atoms with Crippen LogP contribution < -0.4 is 10.1 Å². The van der Waals surface area contributed by atoms with E-state index in [0.29, 0.717) is 12.5 Å². The molecule has 0 fully saturated rings. The summed E-state index contributed by atoms with van der Waals surface area (Å²) in [6.45, 7) is 9.11. The van der Waals surface area contributed by atoms with E-state index in [1.807, 2.05) is 24.8 Å². The monoisotopic (exact) mass is 371 g/mol. The second-order valence-corrected chi connectivity index (χ2v) is 7.98. The van der Waals surface area contributed by atoms with Crippen LogP contribution in [0, 0.1) is 13.8 Å². The highest BCUT2D eigenvalue weighted by Crippen LogP contribution is 2.27. The molecule has 0 aliphatic heterocycles. The van der Waals surface area contributed by atoms with Gasteiger partial charge < -0.3 is 10.1 Å². The maximum absolute atomic E-state index is 12.0. The molecule has 3 nitrogen and oxygen atoms in total. The zero-order valence-corrected chi connectivity index (χ0v) is 17.0. The Morgan fingerprint density at radius 1 is 1.12 bits per heavy atom. The first-order valence-electron chi connectivity index (χ1n) is 9.09. The lowest BCUT2D eigenvalue weighted by atomic mass is 10.0. The van der Waals surface area contributed by atoms with Crippen LogP contribution in [0.5, 0.6) is 5.75 Å². The highest BCUT2D eigenvalue weighted by molar-refractivity contribution is 7.98. The number of ether oxygens (including phenoxy) is 1. The summed E-state index contributed by atoms with van der Waals surface area (Å²) in [5, 5.41) is 2.93. The van der Waals surface area contributed by atoms with Gasteiger partial charge in [-0.05, 0) is 42.5 Å². The van der Waals surface area contributed by atoms with Crippen molar-refractivity contribution in [2.75, 3.05) is 18.9 Å². The maximum atomic E-state index is 12.0. The molecule has 2 aromatic rings. The van der Waals surface area contributed by atoms with E-state index in [1.165, 1.54) is 11.1 Å². The lowest BCUT2D eigenvalue weighted by molar-refractivity contribution is -0.122. The van der Waals surface area contributed by atoms with Gasteiger partial charge in [-0.3, -0.25) is 4.79 Å². The fourth-order valence-electron chi connectivity index (χ4n) is 2.69. The molecule has 4 heteroatoms. The van der Waals surface area contributed by atoms with E-state index in [4.69, 9.17) is 4.74 Å². The Hall–Kier alpha value is -1.94. The summed E-state index contributed by atoms with van der Waals surface area (Å²) in [4.78, 5) is 12.0. The minimum absolute atomic E-state index is 0.0612. The quantitative estimate of drug-likeness (QED) is 0.640. The largest absolute Gasteiger partial charge is 0.483 e. The molecule has 2 rings (SSSR count). The highest BCUT2D eigenvalue weighted by atomic mass is 32.2. The average Bonchev–Trinajstić information content (AvgIpc) is 2.59. The van der Waals surface area contributed by atoms with Crippen molar-refractivity contribution in [3.63, 3.8) is 0 Å². The summed E-state index contributed by atoms with van der Waals surface area (Å²) in [7, 11) is 0. The van der Waals surface area contributed by atoms with Crippen LogP contribution in [0.15, 0.2) is 42.5 Å². The standard InChI is InChI=1S/C22H29NO2S/c1-16(2)20-9-8-18(4)13-21(20)25-14-22(24)23-10-11-26-15-19-7-5-6-17(3)12-19/h5-9,12-13,16H,10-11,14-15H2,1-4H3,(H,23,24). The van der Waals surface area contributed by atoms with Gasteiger partial charge in [0.05, 0.1) is 0 Å². The molecule has 0 saturated carbocycles. The van der Waals surface area contributed by atoms with E-state index in [2.05, 4.69) is 62.5 Å². The fourth-order valence-corrected chi connectivity index (χ4v) is 3.50. The number of hydrogen-bond donors (Lipinski definition) is 1. The summed E-state index contributed by atoms with van der Waals surface area (Å²) in [5.41, 5.74) is 4.88.